The lowest BCUT2D eigenvalue weighted by Gasteiger charge is -2.33. The summed E-state index contributed by atoms with van der Waals surface area (Å²) in [4.78, 5) is 16.1. The average Bonchev–Trinajstić information content (AvgIpc) is 2.72. The maximum atomic E-state index is 11.8. The molecule has 1 N–H and O–H groups in total. The second-order valence-electron chi connectivity index (χ2n) is 7.62. The van der Waals surface area contributed by atoms with Crippen LogP contribution < -0.4 is 0 Å². The van der Waals surface area contributed by atoms with Crippen LogP contribution in [0.3, 0.4) is 0 Å². The maximum absolute atomic E-state index is 11.8. The molecule has 0 bridgehead atoms. The molecule has 142 valence electrons. The molecule has 1 aromatic heterocycles. The van der Waals surface area contributed by atoms with Crippen LogP contribution in [-0.4, -0.2) is 16.1 Å². The van der Waals surface area contributed by atoms with Crippen molar-refractivity contribution in [1.29, 1.82) is 0 Å². The number of carboxylic acid groups (broad SMARTS) is 1. The summed E-state index contributed by atoms with van der Waals surface area (Å²) >= 11 is 0. The quantitative estimate of drug-likeness (QED) is 0.576. The van der Waals surface area contributed by atoms with E-state index in [9.17, 15) is 9.90 Å². The largest absolute Gasteiger partial charge is 0.481 e. The second-order valence-corrected chi connectivity index (χ2v) is 7.62. The Morgan fingerprint density at radius 2 is 1.74 bits per heavy atom. The number of hydrogen-bond acceptors (Lipinski definition) is 2. The molecule has 3 nitrogen and oxygen atoms in total. The number of pyridine rings is 1. The number of allylic oxidation sites excluding steroid dienone is 1. The smallest absolute Gasteiger partial charge is 0.309 e. The van der Waals surface area contributed by atoms with Gasteiger partial charge in [-0.15, -0.1) is 0 Å². The van der Waals surface area contributed by atoms with Crippen molar-refractivity contribution >= 4 is 11.5 Å². The number of hydrogen-bond donors (Lipinski definition) is 1. The average molecular weight is 364 g/mol. The molecule has 3 rings (SSSR count). The van der Waals surface area contributed by atoms with Gasteiger partial charge in [0, 0.05) is 18.0 Å². The summed E-state index contributed by atoms with van der Waals surface area (Å²) < 4.78 is 0. The van der Waals surface area contributed by atoms with Crippen molar-refractivity contribution in [2.45, 2.75) is 57.8 Å². The van der Waals surface area contributed by atoms with Gasteiger partial charge in [-0.1, -0.05) is 68.2 Å². The summed E-state index contributed by atoms with van der Waals surface area (Å²) in [7, 11) is 0. The van der Waals surface area contributed by atoms with Gasteiger partial charge in [-0.25, -0.2) is 0 Å². The number of aromatic nitrogens is 1. The summed E-state index contributed by atoms with van der Waals surface area (Å²) in [5, 5.41) is 9.71. The Morgan fingerprint density at radius 1 is 1.00 bits per heavy atom. The molecule has 0 amide bonds. The molecule has 0 aliphatic heterocycles. The Kier molecular flexibility index (Phi) is 6.80. The first-order chi connectivity index (χ1) is 13.2. The molecule has 0 saturated heterocycles. The number of nitrogens with zero attached hydrogens (tertiary/aromatic N) is 1. The third-order valence-corrected chi connectivity index (χ3v) is 5.78. The van der Waals surface area contributed by atoms with E-state index >= 15 is 0 Å². The van der Waals surface area contributed by atoms with Crippen molar-refractivity contribution in [1.82, 2.24) is 4.98 Å². The van der Waals surface area contributed by atoms with Gasteiger partial charge in [0.2, 0.25) is 0 Å². The van der Waals surface area contributed by atoms with Crippen LogP contribution in [0.25, 0.3) is 5.57 Å². The minimum atomic E-state index is -0.585. The molecule has 2 aromatic rings. The van der Waals surface area contributed by atoms with Crippen molar-refractivity contribution in [3.05, 3.63) is 72.1 Å². The van der Waals surface area contributed by atoms with Crippen molar-refractivity contribution in [2.24, 2.45) is 5.41 Å². The van der Waals surface area contributed by atoms with Crippen LogP contribution in [0.5, 0.6) is 0 Å². The Balaban J connectivity index is 1.63. The monoisotopic (exact) mass is 363 g/mol. The molecule has 1 aliphatic carbocycles. The van der Waals surface area contributed by atoms with Gasteiger partial charge in [0.25, 0.3) is 0 Å². The summed E-state index contributed by atoms with van der Waals surface area (Å²) in [6.07, 6.45) is 14.7. The van der Waals surface area contributed by atoms with Gasteiger partial charge in [0.15, 0.2) is 0 Å². The number of carboxylic acids is 1. The van der Waals surface area contributed by atoms with Crippen LogP contribution >= 0.6 is 0 Å². The highest BCUT2D eigenvalue weighted by molar-refractivity contribution is 5.79. The zero-order valence-corrected chi connectivity index (χ0v) is 15.9. The first kappa shape index (κ1) is 19.3. The zero-order valence-electron chi connectivity index (χ0n) is 15.9. The number of carbonyl (C=O) groups is 1. The van der Waals surface area contributed by atoms with E-state index < -0.39 is 11.4 Å². The van der Waals surface area contributed by atoms with Gasteiger partial charge in [-0.2, -0.15) is 0 Å². The van der Waals surface area contributed by atoms with E-state index in [4.69, 9.17) is 0 Å². The van der Waals surface area contributed by atoms with Gasteiger partial charge in [-0.05, 0) is 49.3 Å². The van der Waals surface area contributed by atoms with Crippen molar-refractivity contribution in [3.63, 3.8) is 0 Å². The predicted octanol–water partition coefficient (Wildman–Crippen LogP) is 6.11. The molecular formula is C24H29NO2. The standard InChI is InChI=1S/C24H29NO2/c26-23(27)24(16-8-3-9-17-24)15-7-2-6-14-22(20-11-4-1-5-12-20)21-13-10-18-25-19-21/h1,4-5,10-14,18-19H,2-3,6-9,15-17H2,(H,26,27)/b22-14+. The van der Waals surface area contributed by atoms with Crippen LogP contribution in [0.15, 0.2) is 60.9 Å². The number of unbranched alkanes of at least 4 members (excludes halogenated alkanes) is 2. The van der Waals surface area contributed by atoms with Gasteiger partial charge in [0.05, 0.1) is 5.41 Å². The lowest BCUT2D eigenvalue weighted by Crippen LogP contribution is -2.33. The SMILES string of the molecule is O=C(O)C1(CCCC/C=C(\c2ccccc2)c2cccnc2)CCCCC1. The minimum Gasteiger partial charge on any atom is -0.481 e. The van der Waals surface area contributed by atoms with E-state index in [1.54, 1.807) is 6.20 Å². The summed E-state index contributed by atoms with van der Waals surface area (Å²) in [5.41, 5.74) is 3.06. The van der Waals surface area contributed by atoms with Crippen LogP contribution in [0, 0.1) is 5.41 Å². The fourth-order valence-electron chi connectivity index (χ4n) is 4.20. The van der Waals surface area contributed by atoms with Crippen LogP contribution in [-0.2, 0) is 4.79 Å². The van der Waals surface area contributed by atoms with Crippen LogP contribution in [0.2, 0.25) is 0 Å². The third-order valence-electron chi connectivity index (χ3n) is 5.78. The first-order valence-corrected chi connectivity index (χ1v) is 10.1. The van der Waals surface area contributed by atoms with Gasteiger partial charge in [-0.3, -0.25) is 9.78 Å². The van der Waals surface area contributed by atoms with Gasteiger partial charge >= 0.3 is 5.97 Å². The highest BCUT2D eigenvalue weighted by atomic mass is 16.4. The lowest BCUT2D eigenvalue weighted by molar-refractivity contribution is -0.151. The Hall–Kier alpha value is -2.42. The molecule has 1 heterocycles. The molecule has 3 heteroatoms. The highest BCUT2D eigenvalue weighted by Gasteiger charge is 2.38. The van der Waals surface area contributed by atoms with Crippen molar-refractivity contribution < 1.29 is 9.90 Å². The molecule has 0 unspecified atom stereocenters. The summed E-state index contributed by atoms with van der Waals surface area (Å²) in [5.74, 6) is -0.585. The molecule has 0 atom stereocenters. The van der Waals surface area contributed by atoms with E-state index in [1.165, 1.54) is 17.6 Å². The summed E-state index contributed by atoms with van der Waals surface area (Å²) in [6, 6.07) is 14.4. The topological polar surface area (TPSA) is 50.2 Å². The van der Waals surface area contributed by atoms with Gasteiger partial charge in [0.1, 0.15) is 0 Å². The predicted molar refractivity (Wildman–Crippen MR) is 109 cm³/mol. The minimum absolute atomic E-state index is 0.465. The molecule has 1 aliphatic rings. The van der Waals surface area contributed by atoms with E-state index in [0.29, 0.717) is 0 Å². The van der Waals surface area contributed by atoms with Gasteiger partial charge < -0.3 is 5.11 Å². The molecule has 27 heavy (non-hydrogen) atoms. The maximum Gasteiger partial charge on any atom is 0.309 e. The third kappa shape index (κ3) is 5.06. The summed E-state index contributed by atoms with van der Waals surface area (Å²) in [6.45, 7) is 0. The van der Waals surface area contributed by atoms with E-state index in [2.05, 4.69) is 41.4 Å². The number of aliphatic carboxylic acids is 1. The molecule has 1 saturated carbocycles. The molecular weight excluding hydrogens is 334 g/mol. The van der Waals surface area contributed by atoms with Crippen molar-refractivity contribution in [3.8, 4) is 0 Å². The van der Waals surface area contributed by atoms with E-state index in [0.717, 1.165) is 56.9 Å². The molecule has 1 fully saturated rings. The normalized spacial score (nSPS) is 16.8. The Bertz CT molecular complexity index is 705. The fraction of sp³-hybridized carbons (Fsp3) is 0.417. The van der Waals surface area contributed by atoms with E-state index in [-0.39, 0.29) is 0 Å². The fourth-order valence-corrected chi connectivity index (χ4v) is 4.20. The lowest BCUT2D eigenvalue weighted by atomic mass is 9.71. The molecule has 0 spiro atoms. The Morgan fingerprint density at radius 3 is 2.41 bits per heavy atom. The van der Waals surface area contributed by atoms with Crippen LogP contribution in [0.1, 0.15) is 68.9 Å². The molecule has 0 radical (unpaired) electrons. The molecule has 1 aromatic carbocycles. The second kappa shape index (κ2) is 9.50. The Labute approximate surface area is 162 Å². The number of rotatable bonds is 8. The van der Waals surface area contributed by atoms with E-state index in [1.807, 2.05) is 18.3 Å². The zero-order chi connectivity index (χ0) is 19.0. The first-order valence-electron chi connectivity index (χ1n) is 10.1. The highest BCUT2D eigenvalue weighted by Crippen LogP contribution is 2.41. The van der Waals surface area contributed by atoms with Crippen LogP contribution in [0.4, 0.5) is 0 Å². The number of benzene rings is 1. The van der Waals surface area contributed by atoms with Crippen molar-refractivity contribution in [2.75, 3.05) is 0 Å².